The Balaban J connectivity index is 1.62. The highest BCUT2D eigenvalue weighted by Gasteiger charge is 1.99. The van der Waals surface area contributed by atoms with E-state index >= 15 is 0 Å². The minimum Gasteiger partial charge on any atom is -0.489 e. The minimum atomic E-state index is -0.0957. The zero-order chi connectivity index (χ0) is 19.1. The Morgan fingerprint density at radius 1 is 1.07 bits per heavy atom. The third-order valence-electron chi connectivity index (χ3n) is 3.73. The lowest BCUT2D eigenvalue weighted by molar-refractivity contribution is -0.114. The van der Waals surface area contributed by atoms with E-state index in [0.29, 0.717) is 11.6 Å². The highest BCUT2D eigenvalue weighted by molar-refractivity contribution is 6.30. The van der Waals surface area contributed by atoms with Gasteiger partial charge in [0.1, 0.15) is 12.4 Å². The maximum atomic E-state index is 11.0. The number of nitrogens with zero attached hydrogens (tertiary/aromatic N) is 1. The summed E-state index contributed by atoms with van der Waals surface area (Å²) in [5.41, 5.74) is 3.54. The summed E-state index contributed by atoms with van der Waals surface area (Å²) in [5.74, 6) is 0.677. The minimum absolute atomic E-state index is 0.0957. The van der Waals surface area contributed by atoms with Crippen molar-refractivity contribution in [2.24, 2.45) is 4.99 Å². The van der Waals surface area contributed by atoms with E-state index in [2.05, 4.69) is 10.3 Å². The molecule has 0 bridgehead atoms. The highest BCUT2D eigenvalue weighted by Crippen LogP contribution is 2.18. The van der Waals surface area contributed by atoms with E-state index in [9.17, 15) is 4.79 Å². The SMILES string of the molecule is CC(=O)Nc1ccc(N=Cc2cccc(OCc3ccc(Cl)cc3)c2)cc1. The molecule has 0 heterocycles. The molecule has 3 aromatic carbocycles. The molecule has 1 N–H and O–H groups in total. The Kier molecular flexibility index (Phi) is 6.23. The van der Waals surface area contributed by atoms with E-state index in [1.165, 1.54) is 6.92 Å². The van der Waals surface area contributed by atoms with Gasteiger partial charge in [-0.15, -0.1) is 0 Å². The van der Waals surface area contributed by atoms with Gasteiger partial charge < -0.3 is 10.1 Å². The van der Waals surface area contributed by atoms with Crippen molar-refractivity contribution in [1.82, 2.24) is 0 Å². The molecule has 0 aliphatic carbocycles. The maximum absolute atomic E-state index is 11.0. The molecule has 136 valence electrons. The van der Waals surface area contributed by atoms with Crippen LogP contribution in [0.5, 0.6) is 5.75 Å². The van der Waals surface area contributed by atoms with Gasteiger partial charge in [-0.1, -0.05) is 35.9 Å². The Bertz CT molecular complexity index is 935. The van der Waals surface area contributed by atoms with Gasteiger partial charge >= 0.3 is 0 Å². The quantitative estimate of drug-likeness (QED) is 0.565. The first kappa shape index (κ1) is 18.7. The average Bonchev–Trinajstić information content (AvgIpc) is 2.67. The number of carbonyl (C=O) groups is 1. The molecule has 0 spiro atoms. The lowest BCUT2D eigenvalue weighted by Crippen LogP contribution is -2.04. The predicted octanol–water partition coefficient (Wildman–Crippen LogP) is 5.63. The smallest absolute Gasteiger partial charge is 0.221 e. The van der Waals surface area contributed by atoms with Gasteiger partial charge in [0, 0.05) is 23.8 Å². The Labute approximate surface area is 163 Å². The van der Waals surface area contributed by atoms with Gasteiger partial charge in [-0.05, 0) is 59.7 Å². The van der Waals surface area contributed by atoms with Crippen molar-refractivity contribution in [3.8, 4) is 5.75 Å². The standard InChI is InChI=1S/C22H19ClN2O2/c1-16(26)25-21-11-9-20(10-12-21)24-14-18-3-2-4-22(13-18)27-15-17-5-7-19(23)8-6-17/h2-14H,15H2,1H3,(H,25,26). The van der Waals surface area contributed by atoms with Crippen LogP contribution in [-0.2, 0) is 11.4 Å². The first-order chi connectivity index (χ1) is 13.1. The molecule has 0 unspecified atom stereocenters. The number of hydrogen-bond acceptors (Lipinski definition) is 3. The van der Waals surface area contributed by atoms with Crippen LogP contribution < -0.4 is 10.1 Å². The lowest BCUT2D eigenvalue weighted by atomic mass is 10.2. The number of halogens is 1. The van der Waals surface area contributed by atoms with E-state index in [0.717, 1.165) is 28.3 Å². The zero-order valence-corrected chi connectivity index (χ0v) is 15.6. The number of hydrogen-bond donors (Lipinski definition) is 1. The van der Waals surface area contributed by atoms with E-state index in [1.54, 1.807) is 6.21 Å². The normalized spacial score (nSPS) is 10.7. The van der Waals surface area contributed by atoms with E-state index in [4.69, 9.17) is 16.3 Å². The largest absolute Gasteiger partial charge is 0.489 e. The second-order valence-corrected chi connectivity index (χ2v) is 6.41. The molecule has 0 aliphatic rings. The number of benzene rings is 3. The number of anilines is 1. The molecule has 5 heteroatoms. The van der Waals surface area contributed by atoms with E-state index < -0.39 is 0 Å². The molecule has 0 saturated heterocycles. The summed E-state index contributed by atoms with van der Waals surface area (Å²) in [6, 6.07) is 22.7. The van der Waals surface area contributed by atoms with Crippen LogP contribution >= 0.6 is 11.6 Å². The predicted molar refractivity (Wildman–Crippen MR) is 110 cm³/mol. The molecule has 0 aliphatic heterocycles. The van der Waals surface area contributed by atoms with Crippen LogP contribution in [0.1, 0.15) is 18.1 Å². The van der Waals surface area contributed by atoms with Crippen LogP contribution in [0.2, 0.25) is 5.02 Å². The number of aliphatic imine (C=N–C) groups is 1. The van der Waals surface area contributed by atoms with Gasteiger partial charge in [-0.2, -0.15) is 0 Å². The summed E-state index contributed by atoms with van der Waals surface area (Å²) in [5, 5.41) is 3.44. The maximum Gasteiger partial charge on any atom is 0.221 e. The number of amides is 1. The van der Waals surface area contributed by atoms with Crippen molar-refractivity contribution in [2.45, 2.75) is 13.5 Å². The molecule has 3 rings (SSSR count). The van der Waals surface area contributed by atoms with Crippen molar-refractivity contribution >= 4 is 35.1 Å². The van der Waals surface area contributed by atoms with Crippen molar-refractivity contribution in [2.75, 3.05) is 5.32 Å². The molecular formula is C22H19ClN2O2. The average molecular weight is 379 g/mol. The van der Waals surface area contributed by atoms with Crippen LogP contribution in [0.4, 0.5) is 11.4 Å². The van der Waals surface area contributed by atoms with Crippen molar-refractivity contribution in [1.29, 1.82) is 0 Å². The van der Waals surface area contributed by atoms with Crippen molar-refractivity contribution < 1.29 is 9.53 Å². The molecule has 4 nitrogen and oxygen atoms in total. The van der Waals surface area contributed by atoms with Gasteiger partial charge in [0.05, 0.1) is 5.69 Å². The molecule has 0 fully saturated rings. The van der Waals surface area contributed by atoms with E-state index in [1.807, 2.05) is 72.8 Å². The molecule has 0 radical (unpaired) electrons. The monoisotopic (exact) mass is 378 g/mol. The highest BCUT2D eigenvalue weighted by atomic mass is 35.5. The molecule has 0 aromatic heterocycles. The molecule has 27 heavy (non-hydrogen) atoms. The van der Waals surface area contributed by atoms with Crippen molar-refractivity contribution in [3.05, 3.63) is 88.9 Å². The van der Waals surface area contributed by atoms with Crippen LogP contribution in [0.25, 0.3) is 0 Å². The molecule has 1 amide bonds. The van der Waals surface area contributed by atoms with Crippen LogP contribution in [-0.4, -0.2) is 12.1 Å². The Morgan fingerprint density at radius 3 is 2.52 bits per heavy atom. The van der Waals surface area contributed by atoms with Crippen LogP contribution in [0.3, 0.4) is 0 Å². The van der Waals surface area contributed by atoms with Gasteiger partial charge in [0.15, 0.2) is 0 Å². The molecule has 3 aromatic rings. The lowest BCUT2D eigenvalue weighted by Gasteiger charge is -2.07. The zero-order valence-electron chi connectivity index (χ0n) is 14.9. The van der Waals surface area contributed by atoms with E-state index in [-0.39, 0.29) is 5.91 Å². The summed E-state index contributed by atoms with van der Waals surface area (Å²) in [7, 11) is 0. The van der Waals surface area contributed by atoms with Crippen LogP contribution in [0, 0.1) is 0 Å². The second-order valence-electron chi connectivity index (χ2n) is 5.97. The summed E-state index contributed by atoms with van der Waals surface area (Å²) < 4.78 is 5.83. The van der Waals surface area contributed by atoms with Gasteiger partial charge in [-0.25, -0.2) is 0 Å². The van der Waals surface area contributed by atoms with Gasteiger partial charge in [0.2, 0.25) is 5.91 Å². The number of carbonyl (C=O) groups excluding carboxylic acids is 1. The second kappa shape index (κ2) is 9.01. The summed E-state index contributed by atoms with van der Waals surface area (Å²) in [6.45, 7) is 1.95. The third kappa shape index (κ3) is 5.97. The molecule has 0 saturated carbocycles. The number of rotatable bonds is 6. The number of ether oxygens (including phenoxy) is 1. The van der Waals surface area contributed by atoms with Gasteiger partial charge in [0.25, 0.3) is 0 Å². The summed E-state index contributed by atoms with van der Waals surface area (Å²) >= 11 is 5.89. The Morgan fingerprint density at radius 2 is 1.81 bits per heavy atom. The van der Waals surface area contributed by atoms with Crippen LogP contribution in [0.15, 0.2) is 77.8 Å². The topological polar surface area (TPSA) is 50.7 Å². The first-order valence-corrected chi connectivity index (χ1v) is 8.85. The molecule has 0 atom stereocenters. The fourth-order valence-electron chi connectivity index (χ4n) is 2.42. The molecular weight excluding hydrogens is 360 g/mol. The number of nitrogens with one attached hydrogen (secondary N) is 1. The first-order valence-electron chi connectivity index (χ1n) is 8.47. The fraction of sp³-hybridized carbons (Fsp3) is 0.0909. The summed E-state index contributed by atoms with van der Waals surface area (Å²) in [6.07, 6.45) is 1.78. The summed E-state index contributed by atoms with van der Waals surface area (Å²) in [4.78, 5) is 15.5. The fourth-order valence-corrected chi connectivity index (χ4v) is 2.54. The van der Waals surface area contributed by atoms with Crippen molar-refractivity contribution in [3.63, 3.8) is 0 Å². The third-order valence-corrected chi connectivity index (χ3v) is 3.98. The van der Waals surface area contributed by atoms with Gasteiger partial charge in [-0.3, -0.25) is 9.79 Å². The Hall–Kier alpha value is -3.11.